The minimum Gasteiger partial charge on any atom is -0.423 e. The SMILES string of the molecule is NC(=O)N/N=C\c1ccc(OC(=O)c2ccc(Cl)cc2)cc1. The first-order chi connectivity index (χ1) is 10.5. The largest absolute Gasteiger partial charge is 0.423 e. The summed E-state index contributed by atoms with van der Waals surface area (Å²) in [4.78, 5) is 22.4. The molecule has 2 aromatic rings. The highest BCUT2D eigenvalue weighted by molar-refractivity contribution is 6.30. The predicted octanol–water partition coefficient (Wildman–Crippen LogP) is 2.56. The molecule has 0 aliphatic heterocycles. The van der Waals surface area contributed by atoms with Crippen LogP contribution < -0.4 is 15.9 Å². The molecular weight excluding hydrogens is 306 g/mol. The Bertz CT molecular complexity index is 697. The Morgan fingerprint density at radius 1 is 1.09 bits per heavy atom. The Balaban J connectivity index is 1.98. The molecule has 2 amide bonds. The summed E-state index contributed by atoms with van der Waals surface area (Å²) in [6, 6.07) is 12.2. The molecule has 0 saturated heterocycles. The van der Waals surface area contributed by atoms with E-state index in [1.807, 2.05) is 0 Å². The standard InChI is InChI=1S/C15H12ClN3O3/c16-12-5-3-11(4-6-12)14(20)22-13-7-1-10(2-8-13)9-18-19-15(17)21/h1-9H,(H3,17,19,21)/b18-9-. The van der Waals surface area contributed by atoms with Gasteiger partial charge in [0.2, 0.25) is 0 Å². The molecule has 0 saturated carbocycles. The van der Waals surface area contributed by atoms with E-state index in [1.165, 1.54) is 6.21 Å². The zero-order valence-electron chi connectivity index (χ0n) is 11.3. The molecule has 0 radical (unpaired) electrons. The van der Waals surface area contributed by atoms with Gasteiger partial charge in [0.05, 0.1) is 11.8 Å². The molecule has 0 heterocycles. The van der Waals surface area contributed by atoms with Gasteiger partial charge in [-0.05, 0) is 54.1 Å². The number of nitrogens with two attached hydrogens (primary N) is 1. The second-order valence-electron chi connectivity index (χ2n) is 4.20. The van der Waals surface area contributed by atoms with Crippen molar-refractivity contribution in [2.45, 2.75) is 0 Å². The van der Waals surface area contributed by atoms with Gasteiger partial charge in [-0.15, -0.1) is 0 Å². The van der Waals surface area contributed by atoms with Crippen LogP contribution in [0.3, 0.4) is 0 Å². The van der Waals surface area contributed by atoms with Crippen LogP contribution in [0.2, 0.25) is 5.02 Å². The van der Waals surface area contributed by atoms with Gasteiger partial charge in [0.1, 0.15) is 5.75 Å². The molecule has 112 valence electrons. The molecule has 0 aromatic heterocycles. The molecule has 0 spiro atoms. The fraction of sp³-hybridized carbons (Fsp3) is 0. The van der Waals surface area contributed by atoms with Crippen molar-refractivity contribution in [3.8, 4) is 5.75 Å². The van der Waals surface area contributed by atoms with Gasteiger partial charge in [0.25, 0.3) is 0 Å². The third-order valence-corrected chi connectivity index (χ3v) is 2.81. The van der Waals surface area contributed by atoms with Gasteiger partial charge < -0.3 is 10.5 Å². The molecule has 0 aliphatic rings. The Labute approximate surface area is 131 Å². The normalized spacial score (nSPS) is 10.4. The Kier molecular flexibility index (Phi) is 5.11. The van der Waals surface area contributed by atoms with Crippen molar-refractivity contribution in [3.63, 3.8) is 0 Å². The van der Waals surface area contributed by atoms with E-state index < -0.39 is 12.0 Å². The van der Waals surface area contributed by atoms with Crippen molar-refractivity contribution >= 4 is 29.8 Å². The summed E-state index contributed by atoms with van der Waals surface area (Å²) in [5, 5.41) is 4.16. The fourth-order valence-corrected chi connectivity index (χ4v) is 1.67. The number of carbonyl (C=O) groups is 2. The van der Waals surface area contributed by atoms with E-state index in [1.54, 1.807) is 48.5 Å². The van der Waals surface area contributed by atoms with Crippen molar-refractivity contribution in [3.05, 3.63) is 64.7 Å². The van der Waals surface area contributed by atoms with Crippen molar-refractivity contribution in [1.82, 2.24) is 5.43 Å². The van der Waals surface area contributed by atoms with Crippen LogP contribution in [0.1, 0.15) is 15.9 Å². The van der Waals surface area contributed by atoms with E-state index in [9.17, 15) is 9.59 Å². The number of primary amides is 1. The summed E-state index contributed by atoms with van der Waals surface area (Å²) >= 11 is 5.76. The smallest absolute Gasteiger partial charge is 0.343 e. The second kappa shape index (κ2) is 7.24. The number of hydrogen-bond donors (Lipinski definition) is 2. The highest BCUT2D eigenvalue weighted by atomic mass is 35.5. The number of carbonyl (C=O) groups excluding carboxylic acids is 2. The summed E-state index contributed by atoms with van der Waals surface area (Å²) in [6.07, 6.45) is 1.41. The van der Waals surface area contributed by atoms with E-state index in [2.05, 4.69) is 10.5 Å². The number of benzene rings is 2. The maximum atomic E-state index is 11.9. The summed E-state index contributed by atoms with van der Waals surface area (Å²) in [7, 11) is 0. The van der Waals surface area contributed by atoms with Gasteiger partial charge in [0, 0.05) is 5.02 Å². The zero-order chi connectivity index (χ0) is 15.9. The van der Waals surface area contributed by atoms with E-state index >= 15 is 0 Å². The quantitative estimate of drug-likeness (QED) is 0.393. The van der Waals surface area contributed by atoms with Crippen molar-refractivity contribution < 1.29 is 14.3 Å². The van der Waals surface area contributed by atoms with Crippen LogP contribution in [-0.4, -0.2) is 18.2 Å². The highest BCUT2D eigenvalue weighted by Crippen LogP contribution is 2.15. The number of halogens is 1. The monoisotopic (exact) mass is 317 g/mol. The number of hydrazone groups is 1. The van der Waals surface area contributed by atoms with Gasteiger partial charge in [-0.2, -0.15) is 5.10 Å². The molecule has 3 N–H and O–H groups in total. The lowest BCUT2D eigenvalue weighted by Gasteiger charge is -2.04. The summed E-state index contributed by atoms with van der Waals surface area (Å²) in [5.41, 5.74) is 8.06. The molecule has 7 heteroatoms. The van der Waals surface area contributed by atoms with E-state index in [0.717, 1.165) is 0 Å². The van der Waals surface area contributed by atoms with E-state index in [-0.39, 0.29) is 0 Å². The highest BCUT2D eigenvalue weighted by Gasteiger charge is 2.08. The first-order valence-corrected chi connectivity index (χ1v) is 6.59. The average Bonchev–Trinajstić information content (AvgIpc) is 2.49. The van der Waals surface area contributed by atoms with Gasteiger partial charge in [-0.25, -0.2) is 15.0 Å². The maximum absolute atomic E-state index is 11.9. The summed E-state index contributed by atoms with van der Waals surface area (Å²) in [5.74, 6) is -0.0894. The molecule has 2 rings (SSSR count). The number of rotatable bonds is 4. The van der Waals surface area contributed by atoms with Crippen LogP contribution in [0.15, 0.2) is 53.6 Å². The zero-order valence-corrected chi connectivity index (χ0v) is 12.1. The number of nitrogens with one attached hydrogen (secondary N) is 1. The minimum atomic E-state index is -0.746. The van der Waals surface area contributed by atoms with E-state index in [4.69, 9.17) is 22.1 Å². The van der Waals surface area contributed by atoms with Crippen LogP contribution in [0.5, 0.6) is 5.75 Å². The number of ether oxygens (including phenoxy) is 1. The minimum absolute atomic E-state index is 0.389. The number of amides is 2. The fourth-order valence-electron chi connectivity index (χ4n) is 1.54. The number of hydrogen-bond acceptors (Lipinski definition) is 4. The lowest BCUT2D eigenvalue weighted by Crippen LogP contribution is -2.24. The van der Waals surface area contributed by atoms with E-state index in [0.29, 0.717) is 21.9 Å². The molecule has 22 heavy (non-hydrogen) atoms. The van der Waals surface area contributed by atoms with Gasteiger partial charge in [0.15, 0.2) is 0 Å². The van der Waals surface area contributed by atoms with Crippen molar-refractivity contribution in [2.75, 3.05) is 0 Å². The van der Waals surface area contributed by atoms with Crippen LogP contribution in [0.25, 0.3) is 0 Å². The predicted molar refractivity (Wildman–Crippen MR) is 83.2 cm³/mol. The number of nitrogens with zero attached hydrogens (tertiary/aromatic N) is 1. The molecular formula is C15H12ClN3O3. The molecule has 0 bridgehead atoms. The van der Waals surface area contributed by atoms with Gasteiger partial charge >= 0.3 is 12.0 Å². The third kappa shape index (κ3) is 4.60. The molecule has 6 nitrogen and oxygen atoms in total. The molecule has 2 aromatic carbocycles. The topological polar surface area (TPSA) is 93.8 Å². The number of esters is 1. The molecule has 0 atom stereocenters. The summed E-state index contributed by atoms with van der Waals surface area (Å²) < 4.78 is 5.22. The lowest BCUT2D eigenvalue weighted by atomic mass is 10.2. The van der Waals surface area contributed by atoms with Gasteiger partial charge in [-0.3, -0.25) is 0 Å². The molecule has 0 aliphatic carbocycles. The van der Waals surface area contributed by atoms with Crippen molar-refractivity contribution in [1.29, 1.82) is 0 Å². The molecule has 0 unspecified atom stereocenters. The van der Waals surface area contributed by atoms with Gasteiger partial charge in [-0.1, -0.05) is 11.6 Å². The second-order valence-corrected chi connectivity index (χ2v) is 4.64. The van der Waals surface area contributed by atoms with Crippen LogP contribution in [-0.2, 0) is 0 Å². The first kappa shape index (κ1) is 15.5. The summed E-state index contributed by atoms with van der Waals surface area (Å²) in [6.45, 7) is 0. The van der Waals surface area contributed by atoms with Crippen LogP contribution >= 0.6 is 11.6 Å². The van der Waals surface area contributed by atoms with Crippen LogP contribution in [0.4, 0.5) is 4.79 Å². The maximum Gasteiger partial charge on any atom is 0.343 e. The Morgan fingerprint density at radius 2 is 1.73 bits per heavy atom. The number of urea groups is 1. The average molecular weight is 318 g/mol. The van der Waals surface area contributed by atoms with Crippen molar-refractivity contribution in [2.24, 2.45) is 10.8 Å². The van der Waals surface area contributed by atoms with Crippen LogP contribution in [0, 0.1) is 0 Å². The third-order valence-electron chi connectivity index (χ3n) is 2.56. The molecule has 0 fully saturated rings. The first-order valence-electron chi connectivity index (χ1n) is 6.21. The Morgan fingerprint density at radius 3 is 2.32 bits per heavy atom. The lowest BCUT2D eigenvalue weighted by molar-refractivity contribution is 0.0734. The Hall–Kier alpha value is -2.86.